The summed E-state index contributed by atoms with van der Waals surface area (Å²) in [7, 11) is -0.648. The van der Waals surface area contributed by atoms with Gasteiger partial charge in [0.05, 0.1) is 14.2 Å². The number of ether oxygens (including phenoxy) is 2. The van der Waals surface area contributed by atoms with Crippen LogP contribution in [0.15, 0.2) is 47.0 Å². The second kappa shape index (κ2) is 9.44. The molecule has 0 fully saturated rings. The van der Waals surface area contributed by atoms with Crippen LogP contribution in [-0.4, -0.2) is 40.9 Å². The van der Waals surface area contributed by atoms with E-state index in [1.807, 2.05) is 32.0 Å². The van der Waals surface area contributed by atoms with Crippen molar-refractivity contribution in [2.45, 2.75) is 27.3 Å². The minimum atomic E-state index is -3.74. The Kier molecular flexibility index (Phi) is 6.88. The highest BCUT2D eigenvalue weighted by Gasteiger charge is 2.32. The summed E-state index contributed by atoms with van der Waals surface area (Å²) in [5.74, 6) is 1.02. The van der Waals surface area contributed by atoms with Crippen molar-refractivity contribution in [2.24, 2.45) is 4.99 Å². The van der Waals surface area contributed by atoms with Crippen LogP contribution in [0.2, 0.25) is 0 Å². The van der Waals surface area contributed by atoms with E-state index in [1.54, 1.807) is 39.3 Å². The van der Waals surface area contributed by atoms with Gasteiger partial charge in [0.15, 0.2) is 11.5 Å². The molecule has 2 N–H and O–H groups in total. The van der Waals surface area contributed by atoms with Crippen LogP contribution in [0.3, 0.4) is 0 Å². The van der Waals surface area contributed by atoms with Crippen molar-refractivity contribution in [1.29, 1.82) is 0 Å². The Bertz CT molecular complexity index is 1220. The van der Waals surface area contributed by atoms with Gasteiger partial charge in [0.25, 0.3) is 10.0 Å². The third kappa shape index (κ3) is 4.94. The van der Waals surface area contributed by atoms with Crippen LogP contribution < -0.4 is 19.5 Å². The Labute approximate surface area is 188 Å². The van der Waals surface area contributed by atoms with Gasteiger partial charge in [0.2, 0.25) is 5.91 Å². The molecule has 1 aliphatic heterocycles. The third-order valence-corrected chi connectivity index (χ3v) is 6.82. The van der Waals surface area contributed by atoms with E-state index in [4.69, 9.17) is 9.47 Å². The lowest BCUT2D eigenvalue weighted by molar-refractivity contribution is -0.119. The van der Waals surface area contributed by atoms with Gasteiger partial charge in [-0.1, -0.05) is 24.3 Å². The average molecular weight is 458 g/mol. The number of aliphatic imine (C=N–C) groups is 1. The van der Waals surface area contributed by atoms with E-state index in [1.165, 1.54) is 0 Å². The smallest absolute Gasteiger partial charge is 0.264 e. The molecule has 32 heavy (non-hydrogen) atoms. The fourth-order valence-corrected chi connectivity index (χ4v) is 4.88. The summed E-state index contributed by atoms with van der Waals surface area (Å²) in [6.45, 7) is 5.65. The Morgan fingerprint density at radius 1 is 1.00 bits per heavy atom. The van der Waals surface area contributed by atoms with Gasteiger partial charge in [-0.2, -0.15) is 0 Å². The Hall–Kier alpha value is -3.33. The molecule has 2 aromatic rings. The number of sulfonamides is 1. The zero-order valence-corrected chi connectivity index (χ0v) is 19.6. The molecule has 9 heteroatoms. The van der Waals surface area contributed by atoms with Crippen molar-refractivity contribution in [3.05, 3.63) is 64.2 Å². The highest BCUT2D eigenvalue weighted by molar-refractivity contribution is 8.00. The molecule has 0 atom stereocenters. The highest BCUT2D eigenvalue weighted by atomic mass is 32.2. The molecule has 1 amide bonds. The number of rotatable bonds is 7. The second-order valence-corrected chi connectivity index (χ2v) is 9.11. The zero-order valence-electron chi connectivity index (χ0n) is 18.8. The first-order chi connectivity index (χ1) is 15.2. The molecule has 2 aromatic carbocycles. The largest absolute Gasteiger partial charge is 0.493 e. The molecular weight excluding hydrogens is 430 g/mol. The zero-order chi connectivity index (χ0) is 23.5. The molecule has 1 aliphatic rings. The van der Waals surface area contributed by atoms with E-state index < -0.39 is 10.0 Å². The summed E-state index contributed by atoms with van der Waals surface area (Å²) in [5.41, 5.74) is 3.99. The van der Waals surface area contributed by atoms with E-state index in [0.29, 0.717) is 22.6 Å². The van der Waals surface area contributed by atoms with Crippen molar-refractivity contribution in [2.75, 3.05) is 20.8 Å². The Morgan fingerprint density at radius 3 is 2.38 bits per heavy atom. The van der Waals surface area contributed by atoms with Gasteiger partial charge in [-0.15, -0.1) is 0 Å². The van der Waals surface area contributed by atoms with Gasteiger partial charge in [0.1, 0.15) is 17.3 Å². The lowest BCUT2D eigenvalue weighted by Crippen LogP contribution is -2.28. The molecular formula is C23H27N3O5S. The van der Waals surface area contributed by atoms with E-state index in [2.05, 4.69) is 15.0 Å². The number of nitrogens with one attached hydrogen (secondary N) is 2. The number of hydrogen-bond donors (Lipinski definition) is 2. The molecule has 0 bridgehead atoms. The molecule has 0 aliphatic carbocycles. The first-order valence-electron chi connectivity index (χ1n) is 10.00. The molecule has 0 saturated heterocycles. The molecule has 3 rings (SSSR count). The van der Waals surface area contributed by atoms with E-state index in [9.17, 15) is 13.2 Å². The first kappa shape index (κ1) is 23.3. The molecule has 8 nitrogen and oxygen atoms in total. The van der Waals surface area contributed by atoms with Crippen LogP contribution in [0.4, 0.5) is 0 Å². The van der Waals surface area contributed by atoms with Crippen molar-refractivity contribution < 1.29 is 22.7 Å². The fraction of sp³-hybridized carbons (Fsp3) is 0.304. The maximum Gasteiger partial charge on any atom is 0.264 e. The van der Waals surface area contributed by atoms with Crippen LogP contribution in [0.25, 0.3) is 4.91 Å². The van der Waals surface area contributed by atoms with Gasteiger partial charge < -0.3 is 14.8 Å². The topological polar surface area (TPSA) is 106 Å². The normalized spacial score (nSPS) is 16.1. The van der Waals surface area contributed by atoms with Gasteiger partial charge >= 0.3 is 0 Å². The predicted molar refractivity (Wildman–Crippen MR) is 124 cm³/mol. The summed E-state index contributed by atoms with van der Waals surface area (Å²) >= 11 is 0. The van der Waals surface area contributed by atoms with Crippen molar-refractivity contribution in [3.8, 4) is 11.5 Å². The van der Waals surface area contributed by atoms with Crippen LogP contribution in [0.1, 0.15) is 29.2 Å². The lowest BCUT2D eigenvalue weighted by Gasteiger charge is -2.10. The van der Waals surface area contributed by atoms with E-state index in [0.717, 1.165) is 16.7 Å². The summed E-state index contributed by atoms with van der Waals surface area (Å²) in [5, 5.41) is 2.77. The number of amidine groups is 1. The number of amides is 1. The van der Waals surface area contributed by atoms with E-state index in [-0.39, 0.29) is 29.7 Å². The maximum atomic E-state index is 12.7. The van der Waals surface area contributed by atoms with Gasteiger partial charge in [-0.05, 0) is 55.2 Å². The van der Waals surface area contributed by atoms with Crippen LogP contribution >= 0.6 is 0 Å². The van der Waals surface area contributed by atoms with Gasteiger partial charge in [0, 0.05) is 12.1 Å². The fourth-order valence-electron chi connectivity index (χ4n) is 3.37. The molecule has 0 radical (unpaired) electrons. The number of carbonyl (C=O) groups is 1. The summed E-state index contributed by atoms with van der Waals surface area (Å²) < 4.78 is 38.3. The number of carbonyl (C=O) groups excluding carboxylic acids is 1. The first-order valence-corrected chi connectivity index (χ1v) is 11.5. The van der Waals surface area contributed by atoms with Gasteiger partial charge in [-0.25, -0.2) is 8.42 Å². The molecule has 0 unspecified atom stereocenters. The molecule has 0 saturated carbocycles. The average Bonchev–Trinajstić information content (AvgIpc) is 3.00. The van der Waals surface area contributed by atoms with Crippen LogP contribution in [0, 0.1) is 13.8 Å². The summed E-state index contributed by atoms with van der Waals surface area (Å²) in [6.07, 6.45) is 0. The van der Waals surface area contributed by atoms with Crippen molar-refractivity contribution in [3.63, 3.8) is 0 Å². The summed E-state index contributed by atoms with van der Waals surface area (Å²) in [6, 6.07) is 10.9. The quantitative estimate of drug-likeness (QED) is 0.665. The summed E-state index contributed by atoms with van der Waals surface area (Å²) in [4.78, 5) is 16.7. The predicted octanol–water partition coefficient (Wildman–Crippen LogP) is 2.70. The third-order valence-electron chi connectivity index (χ3n) is 5.28. The minimum Gasteiger partial charge on any atom is -0.493 e. The number of hydrogen-bond acceptors (Lipinski definition) is 6. The van der Waals surface area contributed by atoms with Crippen molar-refractivity contribution in [1.82, 2.24) is 10.0 Å². The minimum absolute atomic E-state index is 0.180. The standard InChI is InChI=1S/C23H27N3O5S/c1-14-6-8-18(10-15(14)2)22-16(3)23(26-32(22,28)29)25-13-21(27)24-12-17-7-9-19(30-4)20(11-17)31-5/h6-11H,12-13H2,1-5H3,(H,24,27)(H,25,26). The maximum absolute atomic E-state index is 12.7. The Balaban J connectivity index is 1.71. The number of aryl methyl sites for hydroxylation is 2. The molecule has 0 spiro atoms. The van der Waals surface area contributed by atoms with Crippen molar-refractivity contribution >= 4 is 26.7 Å². The van der Waals surface area contributed by atoms with Crippen LogP contribution in [0.5, 0.6) is 11.5 Å². The van der Waals surface area contributed by atoms with Gasteiger partial charge in [-0.3, -0.25) is 14.5 Å². The van der Waals surface area contributed by atoms with E-state index >= 15 is 0 Å². The second-order valence-electron chi connectivity index (χ2n) is 7.49. The number of methoxy groups -OCH3 is 2. The monoisotopic (exact) mass is 457 g/mol. The van der Waals surface area contributed by atoms with Crippen LogP contribution in [-0.2, 0) is 21.4 Å². The lowest BCUT2D eigenvalue weighted by atomic mass is 10.0. The Morgan fingerprint density at radius 2 is 1.72 bits per heavy atom. The molecule has 0 aromatic heterocycles. The highest BCUT2D eigenvalue weighted by Crippen LogP contribution is 2.31. The molecule has 170 valence electrons. The SMILES string of the molecule is COc1ccc(CNC(=O)CN=C2NS(=O)(=O)C(c3ccc(C)c(C)c3)=C2C)cc1OC. The number of benzene rings is 2. The molecule has 1 heterocycles. The number of nitrogens with zero attached hydrogens (tertiary/aromatic N) is 1.